The molecule has 0 bridgehead atoms. The van der Waals surface area contributed by atoms with Gasteiger partial charge in [-0.05, 0) is 24.3 Å². The Hall–Kier alpha value is -0.500. The number of ketones is 1. The fourth-order valence-electron chi connectivity index (χ4n) is 0.803. The van der Waals surface area contributed by atoms with Crippen molar-refractivity contribution in [1.29, 1.82) is 0 Å². The van der Waals surface area contributed by atoms with Gasteiger partial charge in [0.05, 0.1) is 10.0 Å². The van der Waals surface area contributed by atoms with Crippen LogP contribution < -0.4 is 0 Å². The number of benzene rings is 1. The highest BCUT2D eigenvalue weighted by Gasteiger charge is 2.04. The lowest BCUT2D eigenvalue weighted by molar-refractivity contribution is 0.104. The molecule has 68 valence electrons. The van der Waals surface area contributed by atoms with E-state index < -0.39 is 0 Å². The molecule has 0 aromatic heterocycles. The van der Waals surface area contributed by atoms with Crippen LogP contribution in [0.25, 0.3) is 0 Å². The first-order chi connectivity index (χ1) is 6.15. The molecular weight excluding hydrogens is 230 g/mol. The van der Waals surface area contributed by atoms with Gasteiger partial charge in [0.2, 0.25) is 0 Å². The zero-order chi connectivity index (χ0) is 9.84. The highest BCUT2D eigenvalue weighted by molar-refractivity contribution is 6.42. The molecule has 0 unspecified atom stereocenters. The topological polar surface area (TPSA) is 17.1 Å². The summed E-state index contributed by atoms with van der Waals surface area (Å²) in [6.07, 6.45) is 1.25. The number of hydrogen-bond donors (Lipinski definition) is 0. The maximum atomic E-state index is 11.2. The van der Waals surface area contributed by atoms with Gasteiger partial charge in [-0.15, -0.1) is 0 Å². The van der Waals surface area contributed by atoms with Crippen LogP contribution >= 0.6 is 34.8 Å². The van der Waals surface area contributed by atoms with Crippen LogP contribution in [0.15, 0.2) is 29.8 Å². The summed E-state index contributed by atoms with van der Waals surface area (Å²) in [5.41, 5.74) is 1.62. The van der Waals surface area contributed by atoms with E-state index in [1.54, 1.807) is 12.1 Å². The molecule has 0 N–H and O–H groups in total. The van der Waals surface area contributed by atoms with Gasteiger partial charge in [-0.2, -0.15) is 0 Å². The summed E-state index contributed by atoms with van der Waals surface area (Å²) < 4.78 is 0. The van der Waals surface area contributed by atoms with Gasteiger partial charge >= 0.3 is 0 Å². The number of rotatable bonds is 2. The molecule has 0 aliphatic heterocycles. The van der Waals surface area contributed by atoms with Crippen molar-refractivity contribution in [1.82, 2.24) is 0 Å². The minimum absolute atomic E-state index is 0.200. The molecule has 0 aliphatic carbocycles. The fraction of sp³-hybridized carbons (Fsp3) is 0. The summed E-state index contributed by atoms with van der Waals surface area (Å²) in [6, 6.07) is 4.66. The van der Waals surface area contributed by atoms with E-state index in [4.69, 9.17) is 34.8 Å². The molecule has 0 atom stereocenters. The van der Waals surface area contributed by atoms with Gasteiger partial charge in [0.1, 0.15) is 0 Å². The number of carbonyl (C=O) groups is 1. The molecule has 1 rings (SSSR count). The molecule has 0 aliphatic rings. The third-order valence-electron chi connectivity index (χ3n) is 1.42. The summed E-state index contributed by atoms with van der Waals surface area (Å²) in [6.45, 7) is 0. The monoisotopic (exact) mass is 234 g/mol. The van der Waals surface area contributed by atoms with E-state index in [0.29, 0.717) is 15.6 Å². The second kappa shape index (κ2) is 4.66. The molecule has 0 amide bonds. The van der Waals surface area contributed by atoms with Gasteiger partial charge in [0.15, 0.2) is 5.78 Å². The van der Waals surface area contributed by atoms with Crippen LogP contribution in [-0.4, -0.2) is 5.78 Å². The standard InChI is InChI=1S/C9H5Cl3O/c10-4-3-9(13)6-1-2-7(11)8(12)5-6/h1-5H. The van der Waals surface area contributed by atoms with Crippen LogP contribution in [0.5, 0.6) is 0 Å². The molecule has 0 saturated heterocycles. The lowest BCUT2D eigenvalue weighted by atomic mass is 10.1. The van der Waals surface area contributed by atoms with E-state index in [-0.39, 0.29) is 5.78 Å². The number of hydrogen-bond acceptors (Lipinski definition) is 1. The Morgan fingerprint density at radius 2 is 1.92 bits per heavy atom. The maximum Gasteiger partial charge on any atom is 0.186 e. The first-order valence-electron chi connectivity index (χ1n) is 3.41. The van der Waals surface area contributed by atoms with E-state index >= 15 is 0 Å². The first kappa shape index (κ1) is 10.6. The van der Waals surface area contributed by atoms with Crippen LogP contribution in [0.2, 0.25) is 10.0 Å². The Morgan fingerprint density at radius 1 is 1.23 bits per heavy atom. The second-order valence-corrected chi connectivity index (χ2v) is 3.35. The molecule has 0 spiro atoms. The molecule has 0 heterocycles. The Labute approximate surface area is 90.9 Å². The van der Waals surface area contributed by atoms with Gasteiger partial charge in [-0.1, -0.05) is 34.8 Å². The second-order valence-electron chi connectivity index (χ2n) is 2.29. The Bertz CT molecular complexity index is 358. The van der Waals surface area contributed by atoms with Crippen molar-refractivity contribution in [2.45, 2.75) is 0 Å². The quantitative estimate of drug-likeness (QED) is 0.561. The van der Waals surface area contributed by atoms with Crippen molar-refractivity contribution in [3.63, 3.8) is 0 Å². The number of allylic oxidation sites excluding steroid dienone is 1. The Morgan fingerprint density at radius 3 is 2.46 bits per heavy atom. The SMILES string of the molecule is O=C(C=CCl)c1ccc(Cl)c(Cl)c1. The zero-order valence-corrected chi connectivity index (χ0v) is 8.70. The predicted octanol–water partition coefficient (Wildman–Crippen LogP) is 3.93. The molecule has 0 fully saturated rings. The molecule has 0 saturated carbocycles. The third kappa shape index (κ3) is 2.73. The summed E-state index contributed by atoms with van der Waals surface area (Å²) >= 11 is 16.6. The predicted molar refractivity (Wildman–Crippen MR) is 55.8 cm³/mol. The van der Waals surface area contributed by atoms with E-state index in [1.165, 1.54) is 12.1 Å². The normalized spacial score (nSPS) is 10.7. The molecular formula is C9H5Cl3O. The van der Waals surface area contributed by atoms with Gasteiger partial charge in [0.25, 0.3) is 0 Å². The smallest absolute Gasteiger partial charge is 0.186 e. The van der Waals surface area contributed by atoms with Crippen molar-refractivity contribution in [3.05, 3.63) is 45.4 Å². The number of carbonyl (C=O) groups excluding carboxylic acids is 1. The Balaban J connectivity index is 3.04. The van der Waals surface area contributed by atoms with E-state index in [0.717, 1.165) is 5.54 Å². The minimum atomic E-state index is -0.200. The highest BCUT2D eigenvalue weighted by Crippen LogP contribution is 2.22. The fourth-order valence-corrected chi connectivity index (χ4v) is 1.22. The van der Waals surface area contributed by atoms with Crippen LogP contribution in [-0.2, 0) is 0 Å². The van der Waals surface area contributed by atoms with Crippen LogP contribution in [0.4, 0.5) is 0 Å². The molecule has 1 nitrogen and oxygen atoms in total. The zero-order valence-electron chi connectivity index (χ0n) is 6.43. The third-order valence-corrected chi connectivity index (χ3v) is 2.28. The maximum absolute atomic E-state index is 11.2. The van der Waals surface area contributed by atoms with Crippen LogP contribution in [0.1, 0.15) is 10.4 Å². The molecule has 13 heavy (non-hydrogen) atoms. The van der Waals surface area contributed by atoms with Gasteiger partial charge in [-0.25, -0.2) is 0 Å². The lowest BCUT2D eigenvalue weighted by Crippen LogP contribution is -1.93. The summed E-state index contributed by atoms with van der Waals surface area (Å²) in [5.74, 6) is -0.200. The molecule has 4 heteroatoms. The van der Waals surface area contributed by atoms with Crippen molar-refractivity contribution < 1.29 is 4.79 Å². The van der Waals surface area contributed by atoms with E-state index in [2.05, 4.69) is 0 Å². The van der Waals surface area contributed by atoms with Gasteiger partial charge in [0, 0.05) is 11.1 Å². The highest BCUT2D eigenvalue weighted by atomic mass is 35.5. The summed E-state index contributed by atoms with van der Waals surface area (Å²) in [5, 5.41) is 0.781. The molecule has 1 aromatic rings. The summed E-state index contributed by atoms with van der Waals surface area (Å²) in [4.78, 5) is 11.2. The van der Waals surface area contributed by atoms with E-state index in [1.807, 2.05) is 0 Å². The van der Waals surface area contributed by atoms with Crippen molar-refractivity contribution in [2.24, 2.45) is 0 Å². The van der Waals surface area contributed by atoms with Crippen molar-refractivity contribution in [2.75, 3.05) is 0 Å². The largest absolute Gasteiger partial charge is 0.289 e. The first-order valence-corrected chi connectivity index (χ1v) is 4.60. The molecule has 1 aromatic carbocycles. The average molecular weight is 235 g/mol. The van der Waals surface area contributed by atoms with Crippen LogP contribution in [0, 0.1) is 0 Å². The van der Waals surface area contributed by atoms with Crippen molar-refractivity contribution >= 4 is 40.6 Å². The van der Waals surface area contributed by atoms with Gasteiger partial charge in [-0.3, -0.25) is 4.79 Å². The minimum Gasteiger partial charge on any atom is -0.289 e. The lowest BCUT2D eigenvalue weighted by Gasteiger charge is -1.98. The average Bonchev–Trinajstić information content (AvgIpc) is 2.10. The van der Waals surface area contributed by atoms with Crippen LogP contribution in [0.3, 0.4) is 0 Å². The summed E-state index contributed by atoms with van der Waals surface area (Å²) in [7, 11) is 0. The number of halogens is 3. The van der Waals surface area contributed by atoms with Gasteiger partial charge < -0.3 is 0 Å². The van der Waals surface area contributed by atoms with Crippen molar-refractivity contribution in [3.8, 4) is 0 Å². The molecule has 0 radical (unpaired) electrons. The van der Waals surface area contributed by atoms with E-state index in [9.17, 15) is 4.79 Å². The Kier molecular flexibility index (Phi) is 3.79.